The quantitative estimate of drug-likeness (QED) is 0.814. The van der Waals surface area contributed by atoms with E-state index >= 15 is 0 Å². The van der Waals surface area contributed by atoms with Gasteiger partial charge in [0.25, 0.3) is 0 Å². The van der Waals surface area contributed by atoms with Crippen LogP contribution in [0.4, 0.5) is 13.2 Å². The van der Waals surface area contributed by atoms with Crippen molar-refractivity contribution in [2.45, 2.75) is 38.9 Å². The van der Waals surface area contributed by atoms with Gasteiger partial charge in [-0.3, -0.25) is 0 Å². The van der Waals surface area contributed by atoms with Crippen LogP contribution in [-0.4, -0.2) is 51.3 Å². The smallest absolute Gasteiger partial charge is 0.475 e. The highest BCUT2D eigenvalue weighted by atomic mass is 19.4. The van der Waals surface area contributed by atoms with Gasteiger partial charge in [-0.1, -0.05) is 29.8 Å². The van der Waals surface area contributed by atoms with E-state index < -0.39 is 12.1 Å². The molecule has 2 aliphatic heterocycles. The Labute approximate surface area is 173 Å². The molecule has 1 N–H and O–H groups in total. The summed E-state index contributed by atoms with van der Waals surface area (Å²) in [5.74, 6) is 1.20. The van der Waals surface area contributed by atoms with E-state index in [4.69, 9.17) is 14.9 Å². The molecule has 3 heterocycles. The van der Waals surface area contributed by atoms with Gasteiger partial charge in [-0.15, -0.1) is 0 Å². The Morgan fingerprint density at radius 3 is 2.37 bits per heavy atom. The number of rotatable bonds is 3. The first kappa shape index (κ1) is 20.9. The van der Waals surface area contributed by atoms with Gasteiger partial charge in [-0.05, 0) is 43.1 Å². The van der Waals surface area contributed by atoms with Gasteiger partial charge in [-0.25, -0.2) is 9.78 Å². The van der Waals surface area contributed by atoms with Crippen LogP contribution in [0, 0.1) is 24.7 Å². The number of aryl methyl sites for hydroxylation is 1. The van der Waals surface area contributed by atoms with Crippen molar-refractivity contribution in [3.63, 3.8) is 0 Å². The summed E-state index contributed by atoms with van der Waals surface area (Å²) in [7, 11) is 0. The number of aromatic nitrogens is 2. The van der Waals surface area contributed by atoms with Crippen molar-refractivity contribution in [3.8, 4) is 11.3 Å². The van der Waals surface area contributed by atoms with Gasteiger partial charge in [0.2, 0.25) is 0 Å². The summed E-state index contributed by atoms with van der Waals surface area (Å²) in [5.41, 5.74) is 3.93. The Balaban J connectivity index is 0.000000272. The van der Waals surface area contributed by atoms with E-state index in [9.17, 15) is 13.2 Å². The summed E-state index contributed by atoms with van der Waals surface area (Å²) < 4.78 is 34.2. The molecule has 2 aromatic rings. The molecule has 162 valence electrons. The number of alkyl halides is 3. The lowest BCUT2D eigenvalue weighted by Crippen LogP contribution is -2.28. The first-order valence-corrected chi connectivity index (χ1v) is 10.3. The maximum atomic E-state index is 10.6. The van der Waals surface area contributed by atoms with Crippen molar-refractivity contribution in [2.75, 3.05) is 19.6 Å². The zero-order valence-corrected chi connectivity index (χ0v) is 16.9. The van der Waals surface area contributed by atoms with E-state index in [-0.39, 0.29) is 0 Å². The van der Waals surface area contributed by atoms with Crippen molar-refractivity contribution in [1.29, 1.82) is 0 Å². The van der Waals surface area contributed by atoms with Crippen LogP contribution in [0.3, 0.4) is 0 Å². The minimum atomic E-state index is -5.08. The number of carbonyl (C=O) groups is 1. The molecule has 1 saturated heterocycles. The Morgan fingerprint density at radius 1 is 1.13 bits per heavy atom. The molecule has 30 heavy (non-hydrogen) atoms. The molecule has 0 amide bonds. The third kappa shape index (κ3) is 4.69. The summed E-state index contributed by atoms with van der Waals surface area (Å²) >= 11 is 0. The predicted molar refractivity (Wildman–Crippen MR) is 106 cm³/mol. The van der Waals surface area contributed by atoms with Crippen molar-refractivity contribution in [2.24, 2.45) is 17.8 Å². The third-order valence-electron chi connectivity index (χ3n) is 6.26. The number of hydrogen-bond donors (Lipinski definition) is 1. The van der Waals surface area contributed by atoms with E-state index in [1.165, 1.54) is 55.1 Å². The minimum absolute atomic E-state index is 0.819. The molecular weight excluding hydrogens is 395 g/mol. The van der Waals surface area contributed by atoms with E-state index in [1.54, 1.807) is 0 Å². The predicted octanol–water partition coefficient (Wildman–Crippen LogP) is 4.01. The lowest BCUT2D eigenvalue weighted by Gasteiger charge is -2.27. The van der Waals surface area contributed by atoms with Crippen molar-refractivity contribution in [1.82, 2.24) is 14.5 Å². The van der Waals surface area contributed by atoms with Gasteiger partial charge >= 0.3 is 12.1 Å². The SMILES string of the molecule is Cc1ccc(-c2cnc3n2CC2CN(CC4CC4)CC2C3)cc1.O=C(O)C(F)(F)F. The van der Waals surface area contributed by atoms with Crippen LogP contribution in [0.25, 0.3) is 11.3 Å². The number of halogens is 3. The van der Waals surface area contributed by atoms with E-state index in [0.29, 0.717) is 0 Å². The average Bonchev–Trinajstić information content (AvgIpc) is 3.26. The Bertz CT molecular complexity index is 903. The summed E-state index contributed by atoms with van der Waals surface area (Å²) in [5, 5.41) is 7.12. The second-order valence-corrected chi connectivity index (χ2v) is 8.73. The normalized spacial score (nSPS) is 23.3. The molecule has 1 saturated carbocycles. The van der Waals surface area contributed by atoms with Crippen LogP contribution in [0.1, 0.15) is 24.2 Å². The fourth-order valence-corrected chi connectivity index (χ4v) is 4.49. The lowest BCUT2D eigenvalue weighted by atomic mass is 9.89. The average molecular weight is 421 g/mol. The van der Waals surface area contributed by atoms with Crippen molar-refractivity contribution in [3.05, 3.63) is 41.9 Å². The molecule has 8 heteroatoms. The van der Waals surface area contributed by atoms with Gasteiger partial charge in [0, 0.05) is 32.6 Å². The maximum Gasteiger partial charge on any atom is 0.490 e. The summed E-state index contributed by atoms with van der Waals surface area (Å²) in [6, 6.07) is 8.88. The van der Waals surface area contributed by atoms with Crippen LogP contribution < -0.4 is 0 Å². The lowest BCUT2D eigenvalue weighted by molar-refractivity contribution is -0.192. The first-order valence-electron chi connectivity index (χ1n) is 10.3. The van der Waals surface area contributed by atoms with Crippen LogP contribution in [0.2, 0.25) is 0 Å². The van der Waals surface area contributed by atoms with Gasteiger partial charge in [-0.2, -0.15) is 13.2 Å². The Morgan fingerprint density at radius 2 is 1.77 bits per heavy atom. The highest BCUT2D eigenvalue weighted by Gasteiger charge is 2.39. The largest absolute Gasteiger partial charge is 0.490 e. The van der Waals surface area contributed by atoms with Crippen LogP contribution in [-0.2, 0) is 17.8 Å². The molecule has 5 rings (SSSR count). The number of likely N-dealkylation sites (tertiary alicyclic amines) is 1. The molecule has 1 aromatic carbocycles. The molecule has 0 spiro atoms. The number of aliphatic carboxylic acids is 1. The van der Waals surface area contributed by atoms with Crippen LogP contribution >= 0.6 is 0 Å². The van der Waals surface area contributed by atoms with Crippen LogP contribution in [0.5, 0.6) is 0 Å². The molecule has 0 bridgehead atoms. The maximum absolute atomic E-state index is 10.6. The molecule has 1 aliphatic carbocycles. The molecule has 0 radical (unpaired) electrons. The Hall–Kier alpha value is -2.35. The van der Waals surface area contributed by atoms with E-state index in [1.807, 2.05) is 0 Å². The molecule has 2 unspecified atom stereocenters. The highest BCUT2D eigenvalue weighted by molar-refractivity contribution is 5.73. The van der Waals surface area contributed by atoms with Crippen molar-refractivity contribution >= 4 is 5.97 Å². The number of hydrogen-bond acceptors (Lipinski definition) is 3. The molecule has 3 aliphatic rings. The van der Waals surface area contributed by atoms with Crippen LogP contribution in [0.15, 0.2) is 30.5 Å². The zero-order chi connectivity index (χ0) is 21.5. The summed E-state index contributed by atoms with van der Waals surface area (Å²) in [6.45, 7) is 7.25. The summed E-state index contributed by atoms with van der Waals surface area (Å²) in [4.78, 5) is 16.4. The monoisotopic (exact) mass is 421 g/mol. The minimum Gasteiger partial charge on any atom is -0.475 e. The van der Waals surface area contributed by atoms with E-state index in [0.717, 1.165) is 30.7 Å². The number of imidazole rings is 1. The summed E-state index contributed by atoms with van der Waals surface area (Å²) in [6.07, 6.45) is 1.09. The highest BCUT2D eigenvalue weighted by Crippen LogP contribution is 2.37. The van der Waals surface area contributed by atoms with Gasteiger partial charge in [0.1, 0.15) is 5.82 Å². The molecule has 5 nitrogen and oxygen atoms in total. The van der Waals surface area contributed by atoms with Gasteiger partial charge in [0.15, 0.2) is 0 Å². The molecule has 2 atom stereocenters. The number of carboxylic acid groups (broad SMARTS) is 1. The first-order chi connectivity index (χ1) is 14.2. The second kappa shape index (κ2) is 8.06. The van der Waals surface area contributed by atoms with Crippen molar-refractivity contribution < 1.29 is 23.1 Å². The molecular formula is C22H26F3N3O2. The van der Waals surface area contributed by atoms with Gasteiger partial charge in [0.05, 0.1) is 11.9 Å². The fourth-order valence-electron chi connectivity index (χ4n) is 4.49. The third-order valence-corrected chi connectivity index (χ3v) is 6.26. The number of carboxylic acids is 1. The second-order valence-electron chi connectivity index (χ2n) is 8.73. The zero-order valence-electron chi connectivity index (χ0n) is 16.9. The fraction of sp³-hybridized carbons (Fsp3) is 0.545. The van der Waals surface area contributed by atoms with Gasteiger partial charge < -0.3 is 14.6 Å². The number of benzene rings is 1. The topological polar surface area (TPSA) is 58.4 Å². The standard InChI is InChI=1S/C20H25N3.C2HF3O2/c1-14-2-6-16(7-3-14)19-9-21-20-8-17-11-22(10-15-4-5-15)12-18(17)13-23(19)20;3-2(4,5)1(6)7/h2-3,6-7,9,15,17-18H,4-5,8,10-13H2,1H3;(H,6,7). The molecule has 1 aromatic heterocycles. The number of fused-ring (bicyclic) bond motifs is 2. The molecule has 2 fully saturated rings. The van der Waals surface area contributed by atoms with E-state index in [2.05, 4.69) is 46.9 Å². The Kier molecular flexibility index (Phi) is 5.61. The number of nitrogens with zero attached hydrogens (tertiary/aromatic N) is 3.